The maximum Gasteiger partial charge on any atom is 0.411 e. The van der Waals surface area contributed by atoms with Crippen LogP contribution in [0.25, 0.3) is 0 Å². The highest BCUT2D eigenvalue weighted by atomic mass is 16.6. The van der Waals surface area contributed by atoms with Crippen molar-refractivity contribution in [3.63, 3.8) is 0 Å². The molecule has 2 aromatic rings. The molecule has 1 saturated heterocycles. The van der Waals surface area contributed by atoms with Gasteiger partial charge in [0, 0.05) is 50.6 Å². The van der Waals surface area contributed by atoms with Crippen LogP contribution in [0.1, 0.15) is 138 Å². The fourth-order valence-corrected chi connectivity index (χ4v) is 8.92. The SMILES string of the molecule is COC(=O)C1(NC(=O)OC(C)(C)C)CCN(C(=O)[C@@H](CCCCNC(=O)OC(C)(C)C)NC(=O)[C@H](CC(=O)[C@H](CC(=O)[C@H]2Cc3ccccc3CN2C(=O)OC(C)(C)C)Cc2ccccc2)CC(C)C)C1. The highest BCUT2D eigenvalue weighted by Gasteiger charge is 2.50. The smallest absolute Gasteiger partial charge is 0.411 e. The number of ketones is 2. The van der Waals surface area contributed by atoms with E-state index in [0.29, 0.717) is 12.8 Å². The van der Waals surface area contributed by atoms with Gasteiger partial charge < -0.3 is 39.8 Å². The number of ether oxygens (including phenoxy) is 4. The van der Waals surface area contributed by atoms with E-state index >= 15 is 0 Å². The van der Waals surface area contributed by atoms with Gasteiger partial charge in [-0.3, -0.25) is 24.1 Å². The normalized spacial score (nSPS) is 18.3. The van der Waals surface area contributed by atoms with Crippen LogP contribution in [0.4, 0.5) is 14.4 Å². The molecule has 71 heavy (non-hydrogen) atoms. The average Bonchev–Trinajstić information content (AvgIpc) is 3.69. The zero-order chi connectivity index (χ0) is 52.9. The van der Waals surface area contributed by atoms with Gasteiger partial charge in [0.25, 0.3) is 0 Å². The third-order valence-electron chi connectivity index (χ3n) is 12.2. The minimum Gasteiger partial charge on any atom is -0.467 e. The molecule has 4 rings (SSSR count). The minimum absolute atomic E-state index is 0.0139. The van der Waals surface area contributed by atoms with Gasteiger partial charge in [-0.15, -0.1) is 0 Å². The summed E-state index contributed by atoms with van der Waals surface area (Å²) in [5, 5.41) is 8.31. The molecule has 5 amide bonds. The maximum atomic E-state index is 14.8. The predicted octanol–water partition coefficient (Wildman–Crippen LogP) is 7.64. The first-order valence-corrected chi connectivity index (χ1v) is 24.9. The van der Waals surface area contributed by atoms with Crippen LogP contribution in [0.3, 0.4) is 0 Å². The number of likely N-dealkylation sites (tertiary alicyclic amines) is 1. The molecular formula is C54H79N5O12. The van der Waals surface area contributed by atoms with Crippen molar-refractivity contribution in [2.45, 2.75) is 175 Å². The molecule has 1 unspecified atom stereocenters. The highest BCUT2D eigenvalue weighted by molar-refractivity contribution is 5.96. The van der Waals surface area contributed by atoms with E-state index < -0.39 is 82.3 Å². The van der Waals surface area contributed by atoms with E-state index in [2.05, 4.69) is 16.0 Å². The first kappa shape index (κ1) is 57.6. The number of Topliss-reactive ketones (excluding diaryl/α,β-unsaturated/α-hetero) is 2. The van der Waals surface area contributed by atoms with Gasteiger partial charge >= 0.3 is 24.2 Å². The number of rotatable bonds is 20. The summed E-state index contributed by atoms with van der Waals surface area (Å²) in [6, 6.07) is 14.9. The lowest BCUT2D eigenvalue weighted by Gasteiger charge is -2.37. The minimum atomic E-state index is -1.62. The Morgan fingerprint density at radius 2 is 1.35 bits per heavy atom. The molecule has 3 N–H and O–H groups in total. The molecule has 0 bridgehead atoms. The Bertz CT molecular complexity index is 2190. The van der Waals surface area contributed by atoms with Gasteiger partial charge in [0.2, 0.25) is 11.8 Å². The Balaban J connectivity index is 1.61. The predicted molar refractivity (Wildman–Crippen MR) is 267 cm³/mol. The summed E-state index contributed by atoms with van der Waals surface area (Å²) >= 11 is 0. The van der Waals surface area contributed by atoms with E-state index in [0.717, 1.165) is 16.7 Å². The summed E-state index contributed by atoms with van der Waals surface area (Å²) < 4.78 is 21.7. The lowest BCUT2D eigenvalue weighted by molar-refractivity contribution is -0.148. The number of esters is 1. The van der Waals surface area contributed by atoms with Crippen LogP contribution in [0.2, 0.25) is 0 Å². The van der Waals surface area contributed by atoms with Crippen LogP contribution in [0, 0.1) is 17.8 Å². The summed E-state index contributed by atoms with van der Waals surface area (Å²) in [6.45, 7) is 19.6. The third kappa shape index (κ3) is 18.3. The van der Waals surface area contributed by atoms with Crippen molar-refractivity contribution in [3.8, 4) is 0 Å². The highest BCUT2D eigenvalue weighted by Crippen LogP contribution is 2.30. The summed E-state index contributed by atoms with van der Waals surface area (Å²) in [5.41, 5.74) is -1.36. The topological polar surface area (TPSA) is 216 Å². The molecule has 2 aromatic carbocycles. The Hall–Kier alpha value is -6.00. The van der Waals surface area contributed by atoms with Crippen LogP contribution in [0.5, 0.6) is 0 Å². The Morgan fingerprint density at radius 3 is 1.96 bits per heavy atom. The standard InChI is InChI=1S/C54H79N5O12/c1-35(2)28-40(32-43(60)39(29-36-20-14-13-15-21-36)31-44(61)42-30-37-22-16-17-23-38(37)33-59(42)50(67)71-53(9,10)11)45(62)56-41(24-18-19-26-55-48(65)69-51(3,4)5)46(63)58-27-25-54(34-58,47(64)68-12)57-49(66)70-52(6,7)8/h13-17,20-23,35,39-42H,18-19,24-34H2,1-12H3,(H,55,65)(H,56,62)(H,57,66)/t39-,40-,41+,42+,54?/m0/s1. The van der Waals surface area contributed by atoms with E-state index in [1.165, 1.54) is 16.9 Å². The summed E-state index contributed by atoms with van der Waals surface area (Å²) in [7, 11) is 1.18. The molecular weight excluding hydrogens is 911 g/mol. The molecule has 1 fully saturated rings. The quantitative estimate of drug-likeness (QED) is 0.0663. The molecule has 0 saturated carbocycles. The summed E-state index contributed by atoms with van der Waals surface area (Å²) in [6.07, 6.45) is -0.814. The number of nitrogens with one attached hydrogen (secondary N) is 3. The van der Waals surface area contributed by atoms with Crippen LogP contribution in [0.15, 0.2) is 54.6 Å². The number of alkyl carbamates (subject to hydrolysis) is 2. The second kappa shape index (κ2) is 24.9. The Labute approximate surface area is 420 Å². The first-order chi connectivity index (χ1) is 33.1. The fraction of sp³-hybridized carbons (Fsp3) is 0.630. The van der Waals surface area contributed by atoms with Gasteiger partial charge in [-0.25, -0.2) is 19.2 Å². The van der Waals surface area contributed by atoms with E-state index in [1.807, 2.05) is 68.4 Å². The molecule has 0 radical (unpaired) electrons. The monoisotopic (exact) mass is 990 g/mol. The number of fused-ring (bicyclic) bond motifs is 1. The van der Waals surface area contributed by atoms with E-state index in [-0.39, 0.29) is 88.6 Å². The van der Waals surface area contributed by atoms with Gasteiger partial charge in [-0.05, 0) is 117 Å². The number of amides is 5. The largest absolute Gasteiger partial charge is 0.467 e. The molecule has 0 spiro atoms. The average molecular weight is 990 g/mol. The molecule has 392 valence electrons. The van der Waals surface area contributed by atoms with E-state index in [4.69, 9.17) is 18.9 Å². The van der Waals surface area contributed by atoms with E-state index in [1.54, 1.807) is 62.3 Å². The molecule has 17 heteroatoms. The van der Waals surface area contributed by atoms with Gasteiger partial charge in [0.05, 0.1) is 26.2 Å². The van der Waals surface area contributed by atoms with Crippen LogP contribution in [-0.2, 0) is 62.3 Å². The number of hydrogen-bond acceptors (Lipinski definition) is 12. The summed E-state index contributed by atoms with van der Waals surface area (Å²) in [5.74, 6) is -4.23. The number of hydrogen-bond donors (Lipinski definition) is 3. The zero-order valence-electron chi connectivity index (χ0n) is 44.1. The van der Waals surface area contributed by atoms with Crippen LogP contribution in [-0.4, -0.2) is 119 Å². The Morgan fingerprint density at radius 1 is 0.746 bits per heavy atom. The molecule has 2 aliphatic rings. The van der Waals surface area contributed by atoms with Crippen molar-refractivity contribution in [1.82, 2.24) is 25.8 Å². The molecule has 0 aromatic heterocycles. The molecule has 5 atom stereocenters. The van der Waals surface area contributed by atoms with Crippen molar-refractivity contribution in [3.05, 3.63) is 71.3 Å². The van der Waals surface area contributed by atoms with Gasteiger partial charge in [0.15, 0.2) is 11.3 Å². The number of benzene rings is 2. The molecule has 17 nitrogen and oxygen atoms in total. The van der Waals surface area contributed by atoms with Crippen LogP contribution >= 0.6 is 0 Å². The number of unbranched alkanes of at least 4 members (excludes halogenated alkanes) is 1. The van der Waals surface area contributed by atoms with Crippen molar-refractivity contribution in [2.75, 3.05) is 26.7 Å². The molecule has 2 heterocycles. The van der Waals surface area contributed by atoms with E-state index in [9.17, 15) is 38.4 Å². The second-order valence-electron chi connectivity index (χ2n) is 22.3. The number of methoxy groups -OCH3 is 1. The van der Waals surface area contributed by atoms with Crippen molar-refractivity contribution in [1.29, 1.82) is 0 Å². The fourth-order valence-electron chi connectivity index (χ4n) is 8.92. The molecule has 2 aliphatic heterocycles. The first-order valence-electron chi connectivity index (χ1n) is 24.9. The van der Waals surface area contributed by atoms with Crippen molar-refractivity contribution in [2.24, 2.45) is 17.8 Å². The number of carbonyl (C=O) groups is 8. The third-order valence-corrected chi connectivity index (χ3v) is 12.2. The van der Waals surface area contributed by atoms with Gasteiger partial charge in [0.1, 0.15) is 28.6 Å². The van der Waals surface area contributed by atoms with Crippen LogP contribution < -0.4 is 16.0 Å². The van der Waals surface area contributed by atoms with Gasteiger partial charge in [-0.2, -0.15) is 0 Å². The Kier molecular flexibility index (Phi) is 20.2. The van der Waals surface area contributed by atoms with Gasteiger partial charge in [-0.1, -0.05) is 68.4 Å². The number of carbonyl (C=O) groups excluding carboxylic acids is 8. The number of nitrogens with zero attached hydrogens (tertiary/aromatic N) is 2. The molecule has 0 aliphatic carbocycles. The maximum absolute atomic E-state index is 14.8. The second-order valence-corrected chi connectivity index (χ2v) is 22.3. The van der Waals surface area contributed by atoms with Crippen molar-refractivity contribution < 1.29 is 57.3 Å². The lowest BCUT2D eigenvalue weighted by atomic mass is 9.81. The lowest BCUT2D eigenvalue weighted by Crippen LogP contribution is -2.59. The zero-order valence-corrected chi connectivity index (χ0v) is 44.1. The van der Waals surface area contributed by atoms with Crippen molar-refractivity contribution >= 4 is 47.6 Å². The summed E-state index contributed by atoms with van der Waals surface area (Å²) in [4.78, 5) is 114.